The molecule has 0 radical (unpaired) electrons. The van der Waals surface area contributed by atoms with Gasteiger partial charge in [0, 0.05) is 24.2 Å². The van der Waals surface area contributed by atoms with Crippen LogP contribution in [0, 0.1) is 0 Å². The Hall–Kier alpha value is -2.23. The van der Waals surface area contributed by atoms with Gasteiger partial charge in [0.1, 0.15) is 5.82 Å². The van der Waals surface area contributed by atoms with E-state index in [2.05, 4.69) is 15.3 Å². The van der Waals surface area contributed by atoms with Gasteiger partial charge in [-0.15, -0.1) is 21.5 Å². The van der Waals surface area contributed by atoms with Crippen molar-refractivity contribution in [2.24, 2.45) is 5.73 Å². The summed E-state index contributed by atoms with van der Waals surface area (Å²) in [7, 11) is 0. The number of rotatable bonds is 4. The number of thiophene rings is 1. The number of carbonyl (C=O) groups is 1. The fraction of sp³-hybridized carbons (Fsp3) is 0.333. The minimum absolute atomic E-state index is 0.0123. The Balaban J connectivity index is 1.46. The number of nitrogens with zero attached hydrogens (tertiary/aromatic N) is 6. The van der Waals surface area contributed by atoms with Crippen molar-refractivity contribution in [1.29, 1.82) is 0 Å². The monoisotopic (exact) mass is 377 g/mol. The van der Waals surface area contributed by atoms with Crippen LogP contribution in [0.15, 0.2) is 24.5 Å². The van der Waals surface area contributed by atoms with Gasteiger partial charge in [-0.1, -0.05) is 11.6 Å². The Labute approximate surface area is 152 Å². The lowest BCUT2D eigenvalue weighted by molar-refractivity contribution is 0.0711. The largest absolute Gasteiger partial charge is 0.329 e. The molecule has 0 saturated heterocycles. The highest BCUT2D eigenvalue weighted by molar-refractivity contribution is 7.14. The van der Waals surface area contributed by atoms with Crippen molar-refractivity contribution in [3.63, 3.8) is 0 Å². The number of carbonyl (C=O) groups excluding carboxylic acids is 1. The Bertz CT molecular complexity index is 915. The Kier molecular flexibility index (Phi) is 4.28. The normalized spacial score (nSPS) is 13.9. The van der Waals surface area contributed by atoms with Crippen LogP contribution in [0.3, 0.4) is 0 Å². The summed E-state index contributed by atoms with van der Waals surface area (Å²) in [5.41, 5.74) is 5.65. The average molecular weight is 378 g/mol. The van der Waals surface area contributed by atoms with Gasteiger partial charge >= 0.3 is 0 Å². The van der Waals surface area contributed by atoms with Crippen LogP contribution in [-0.4, -0.2) is 41.9 Å². The molecular weight excluding hydrogens is 362 g/mol. The van der Waals surface area contributed by atoms with Gasteiger partial charge in [-0.05, 0) is 12.1 Å². The van der Waals surface area contributed by atoms with E-state index in [1.807, 2.05) is 16.7 Å². The van der Waals surface area contributed by atoms with E-state index in [0.717, 1.165) is 16.5 Å². The molecule has 1 aliphatic heterocycles. The molecule has 4 rings (SSSR count). The van der Waals surface area contributed by atoms with Crippen LogP contribution in [0.1, 0.15) is 26.2 Å². The summed E-state index contributed by atoms with van der Waals surface area (Å²) in [6, 6.07) is 3.81. The second-order valence-electron chi connectivity index (χ2n) is 5.74. The van der Waals surface area contributed by atoms with E-state index in [1.165, 1.54) is 11.3 Å². The van der Waals surface area contributed by atoms with E-state index in [-0.39, 0.29) is 5.91 Å². The first-order valence-corrected chi connectivity index (χ1v) is 9.00. The summed E-state index contributed by atoms with van der Waals surface area (Å²) >= 11 is 7.35. The van der Waals surface area contributed by atoms with Crippen LogP contribution in [0.2, 0.25) is 5.02 Å². The fourth-order valence-electron chi connectivity index (χ4n) is 2.86. The lowest BCUT2D eigenvalue weighted by Crippen LogP contribution is -2.38. The molecule has 0 unspecified atom stereocenters. The Morgan fingerprint density at radius 3 is 2.96 bits per heavy atom. The summed E-state index contributed by atoms with van der Waals surface area (Å²) in [6.07, 6.45) is 3.36. The quantitative estimate of drug-likeness (QED) is 0.740. The molecule has 25 heavy (non-hydrogen) atoms. The minimum Gasteiger partial charge on any atom is -0.329 e. The van der Waals surface area contributed by atoms with Crippen molar-refractivity contribution in [2.75, 3.05) is 6.54 Å². The third kappa shape index (κ3) is 3.17. The van der Waals surface area contributed by atoms with Crippen molar-refractivity contribution in [3.05, 3.63) is 51.0 Å². The number of aromatic nitrogens is 5. The molecule has 0 saturated carbocycles. The Morgan fingerprint density at radius 2 is 2.20 bits per heavy atom. The highest BCUT2D eigenvalue weighted by atomic mass is 35.5. The smallest absolute Gasteiger partial charge is 0.264 e. The summed E-state index contributed by atoms with van der Waals surface area (Å²) in [5, 5.41) is 13.0. The minimum atomic E-state index is 0.0123. The summed E-state index contributed by atoms with van der Waals surface area (Å²) in [4.78, 5) is 16.3. The fourth-order valence-corrected chi connectivity index (χ4v) is 3.98. The maximum atomic E-state index is 12.8. The molecule has 10 heteroatoms. The maximum absolute atomic E-state index is 12.8. The summed E-state index contributed by atoms with van der Waals surface area (Å²) in [6.45, 7) is 2.70. The second kappa shape index (κ2) is 6.58. The van der Waals surface area contributed by atoms with E-state index in [1.54, 1.807) is 22.0 Å². The highest BCUT2D eigenvalue weighted by Gasteiger charge is 2.25. The third-order valence-corrected chi connectivity index (χ3v) is 5.34. The summed E-state index contributed by atoms with van der Waals surface area (Å²) < 4.78 is 3.74. The maximum Gasteiger partial charge on any atom is 0.264 e. The molecule has 130 valence electrons. The first-order chi connectivity index (χ1) is 12.1. The van der Waals surface area contributed by atoms with Gasteiger partial charge in [-0.25, -0.2) is 0 Å². The number of hydrogen-bond donors (Lipinski definition) is 1. The number of amides is 1. The molecule has 1 amide bonds. The zero-order valence-corrected chi connectivity index (χ0v) is 14.9. The van der Waals surface area contributed by atoms with Gasteiger partial charge in [0.15, 0.2) is 5.82 Å². The van der Waals surface area contributed by atoms with Crippen LogP contribution >= 0.6 is 22.9 Å². The molecular formula is C15H16ClN7OS. The molecule has 0 spiro atoms. The van der Waals surface area contributed by atoms with Gasteiger partial charge in [0.25, 0.3) is 5.91 Å². The van der Waals surface area contributed by atoms with Crippen molar-refractivity contribution < 1.29 is 4.79 Å². The van der Waals surface area contributed by atoms with Gasteiger partial charge in [-0.2, -0.15) is 5.10 Å². The lowest BCUT2D eigenvalue weighted by Gasteiger charge is -2.27. The molecule has 0 aliphatic carbocycles. The predicted octanol–water partition coefficient (Wildman–Crippen LogP) is 1.35. The van der Waals surface area contributed by atoms with Crippen LogP contribution < -0.4 is 5.73 Å². The van der Waals surface area contributed by atoms with Crippen LogP contribution in [0.25, 0.3) is 0 Å². The number of halogens is 1. The van der Waals surface area contributed by atoms with E-state index in [9.17, 15) is 4.79 Å². The predicted molar refractivity (Wildman–Crippen MR) is 93.3 cm³/mol. The van der Waals surface area contributed by atoms with Gasteiger partial charge < -0.3 is 15.2 Å². The standard InChI is InChI=1S/C15H16ClN7OS/c16-10-6-18-22(7-10)8-11-1-2-12(25-11)15(24)21-3-4-23-13(5-17)19-20-14(23)9-21/h1-2,6-7H,3-5,8-9,17H2. The lowest BCUT2D eigenvalue weighted by atomic mass is 10.3. The molecule has 4 heterocycles. The average Bonchev–Trinajstić information content (AvgIpc) is 3.34. The molecule has 1 aliphatic rings. The van der Waals surface area contributed by atoms with Crippen molar-refractivity contribution >= 4 is 28.8 Å². The third-order valence-electron chi connectivity index (χ3n) is 4.09. The first-order valence-electron chi connectivity index (χ1n) is 7.81. The molecule has 0 bridgehead atoms. The van der Waals surface area contributed by atoms with Crippen molar-refractivity contribution in [2.45, 2.75) is 26.2 Å². The van der Waals surface area contributed by atoms with E-state index >= 15 is 0 Å². The van der Waals surface area contributed by atoms with Crippen molar-refractivity contribution in [1.82, 2.24) is 29.4 Å². The molecule has 3 aromatic heterocycles. The van der Waals surface area contributed by atoms with Gasteiger partial charge in [0.05, 0.1) is 35.7 Å². The van der Waals surface area contributed by atoms with E-state index < -0.39 is 0 Å². The summed E-state index contributed by atoms with van der Waals surface area (Å²) in [5.74, 6) is 1.56. The van der Waals surface area contributed by atoms with Gasteiger partial charge in [-0.3, -0.25) is 9.48 Å². The molecule has 8 nitrogen and oxygen atoms in total. The SMILES string of the molecule is NCc1nnc2n1CCN(C(=O)c1ccc(Cn3cc(Cl)cn3)s1)C2. The highest BCUT2D eigenvalue weighted by Crippen LogP contribution is 2.22. The zero-order chi connectivity index (χ0) is 17.4. The first kappa shape index (κ1) is 16.2. The molecule has 2 N–H and O–H groups in total. The molecule has 0 atom stereocenters. The van der Waals surface area contributed by atoms with Crippen molar-refractivity contribution in [3.8, 4) is 0 Å². The van der Waals surface area contributed by atoms with E-state index in [0.29, 0.717) is 42.6 Å². The topological polar surface area (TPSA) is 94.9 Å². The van der Waals surface area contributed by atoms with Gasteiger partial charge in [0.2, 0.25) is 0 Å². The Morgan fingerprint density at radius 1 is 1.32 bits per heavy atom. The molecule has 3 aromatic rings. The van der Waals surface area contributed by atoms with Crippen LogP contribution in [-0.2, 0) is 26.2 Å². The molecule has 0 fully saturated rings. The number of fused-ring (bicyclic) bond motifs is 1. The number of hydrogen-bond acceptors (Lipinski definition) is 6. The van der Waals surface area contributed by atoms with E-state index in [4.69, 9.17) is 17.3 Å². The van der Waals surface area contributed by atoms with Crippen LogP contribution in [0.4, 0.5) is 0 Å². The number of nitrogens with two attached hydrogens (primary N) is 1. The zero-order valence-electron chi connectivity index (χ0n) is 13.3. The van der Waals surface area contributed by atoms with Crippen LogP contribution in [0.5, 0.6) is 0 Å². The molecule has 0 aromatic carbocycles. The second-order valence-corrected chi connectivity index (χ2v) is 7.34.